The molecule has 0 bridgehead atoms. The fourth-order valence-electron chi connectivity index (χ4n) is 2.17. The van der Waals surface area contributed by atoms with Crippen LogP contribution in [0.5, 0.6) is 0 Å². The van der Waals surface area contributed by atoms with E-state index in [0.29, 0.717) is 13.0 Å². The summed E-state index contributed by atoms with van der Waals surface area (Å²) in [6, 6.07) is 4.20. The molecule has 88 valence electrons. The van der Waals surface area contributed by atoms with Gasteiger partial charge >= 0.3 is 0 Å². The van der Waals surface area contributed by atoms with Crippen molar-refractivity contribution in [2.24, 2.45) is 5.73 Å². The Morgan fingerprint density at radius 1 is 1.62 bits per heavy atom. The van der Waals surface area contributed by atoms with Crippen LogP contribution in [0.3, 0.4) is 0 Å². The molecule has 4 heteroatoms. The molecule has 1 amide bonds. The first-order chi connectivity index (χ1) is 7.49. The number of hydrogen-bond donors (Lipinski definition) is 1. The van der Waals surface area contributed by atoms with Gasteiger partial charge in [-0.1, -0.05) is 19.9 Å². The second kappa shape index (κ2) is 4.18. The minimum absolute atomic E-state index is 0.0200. The van der Waals surface area contributed by atoms with Crippen molar-refractivity contribution in [2.45, 2.75) is 31.7 Å². The lowest BCUT2D eigenvalue weighted by atomic mass is 9.91. The summed E-state index contributed by atoms with van der Waals surface area (Å²) in [5, 5.41) is 2.08. The van der Waals surface area contributed by atoms with Crippen LogP contribution in [0.4, 0.5) is 0 Å². The highest BCUT2D eigenvalue weighted by Crippen LogP contribution is 2.29. The Morgan fingerprint density at radius 3 is 2.88 bits per heavy atom. The number of rotatable bonds is 3. The summed E-state index contributed by atoms with van der Waals surface area (Å²) in [4.78, 5) is 14.9. The Labute approximate surface area is 100 Å². The molecule has 2 rings (SSSR count). The van der Waals surface area contributed by atoms with Crippen molar-refractivity contribution < 1.29 is 4.79 Å². The Bertz CT molecular complexity index is 372. The van der Waals surface area contributed by atoms with Gasteiger partial charge in [0.2, 0.25) is 5.91 Å². The third-order valence-corrected chi connectivity index (χ3v) is 4.25. The van der Waals surface area contributed by atoms with Crippen molar-refractivity contribution in [1.29, 1.82) is 0 Å². The van der Waals surface area contributed by atoms with Crippen LogP contribution in [0.1, 0.15) is 25.1 Å². The monoisotopic (exact) mass is 238 g/mol. The Kier molecular flexibility index (Phi) is 3.04. The van der Waals surface area contributed by atoms with Gasteiger partial charge in [0, 0.05) is 35.8 Å². The van der Waals surface area contributed by atoms with Crippen LogP contribution in [0, 0.1) is 0 Å². The molecule has 1 aromatic heterocycles. The molecule has 0 radical (unpaired) electrons. The van der Waals surface area contributed by atoms with E-state index in [2.05, 4.69) is 31.4 Å². The zero-order valence-corrected chi connectivity index (χ0v) is 10.6. The lowest BCUT2D eigenvalue weighted by molar-refractivity contribution is -0.128. The molecule has 16 heavy (non-hydrogen) atoms. The van der Waals surface area contributed by atoms with E-state index in [1.807, 2.05) is 4.90 Å². The van der Waals surface area contributed by atoms with Crippen molar-refractivity contribution in [3.05, 3.63) is 22.4 Å². The maximum Gasteiger partial charge on any atom is 0.224 e. The van der Waals surface area contributed by atoms with Gasteiger partial charge in [0.05, 0.1) is 0 Å². The third kappa shape index (κ3) is 2.28. The second-order valence-electron chi connectivity index (χ2n) is 5.10. The van der Waals surface area contributed by atoms with Crippen LogP contribution in [0.15, 0.2) is 17.5 Å². The van der Waals surface area contributed by atoms with Gasteiger partial charge in [-0.15, -0.1) is 11.3 Å². The van der Waals surface area contributed by atoms with Crippen molar-refractivity contribution >= 4 is 17.2 Å². The fourth-order valence-corrected chi connectivity index (χ4v) is 3.02. The second-order valence-corrected chi connectivity index (χ2v) is 6.05. The summed E-state index contributed by atoms with van der Waals surface area (Å²) in [5.74, 6) is 0.192. The van der Waals surface area contributed by atoms with E-state index in [9.17, 15) is 4.79 Å². The molecule has 1 aliphatic heterocycles. The standard InChI is InChI=1S/C12H18N2OS/c1-12(2,10-4-3-5-16-10)8-14-7-9(13)6-11(14)15/h3-5,9H,6-8,13H2,1-2H3. The highest BCUT2D eigenvalue weighted by atomic mass is 32.1. The maximum absolute atomic E-state index is 11.7. The van der Waals surface area contributed by atoms with Crippen molar-refractivity contribution in [1.82, 2.24) is 4.90 Å². The number of hydrogen-bond acceptors (Lipinski definition) is 3. The van der Waals surface area contributed by atoms with E-state index in [1.165, 1.54) is 4.88 Å². The highest BCUT2D eigenvalue weighted by molar-refractivity contribution is 7.10. The first kappa shape index (κ1) is 11.6. The zero-order chi connectivity index (χ0) is 11.8. The minimum atomic E-state index is 0.0200. The van der Waals surface area contributed by atoms with Gasteiger partial charge in [0.15, 0.2) is 0 Å². The number of carbonyl (C=O) groups is 1. The van der Waals surface area contributed by atoms with E-state index < -0.39 is 0 Å². The molecule has 3 nitrogen and oxygen atoms in total. The van der Waals surface area contributed by atoms with Crippen LogP contribution in [-0.2, 0) is 10.2 Å². The van der Waals surface area contributed by atoms with Crippen LogP contribution in [0.25, 0.3) is 0 Å². The molecule has 1 atom stereocenters. The van der Waals surface area contributed by atoms with Gasteiger partial charge in [-0.05, 0) is 11.4 Å². The molecule has 1 fully saturated rings. The van der Waals surface area contributed by atoms with Crippen molar-refractivity contribution in [3.8, 4) is 0 Å². The first-order valence-electron chi connectivity index (χ1n) is 5.56. The number of amides is 1. The maximum atomic E-state index is 11.7. The summed E-state index contributed by atoms with van der Waals surface area (Å²) in [6.07, 6.45) is 0.501. The van der Waals surface area contributed by atoms with Gasteiger partial charge in [-0.25, -0.2) is 0 Å². The Hall–Kier alpha value is -0.870. The van der Waals surface area contributed by atoms with Crippen LogP contribution in [0.2, 0.25) is 0 Å². The number of thiophene rings is 1. The largest absolute Gasteiger partial charge is 0.340 e. The van der Waals surface area contributed by atoms with Crippen LogP contribution >= 0.6 is 11.3 Å². The summed E-state index contributed by atoms with van der Waals surface area (Å²) in [5.41, 5.74) is 5.81. The molecule has 1 saturated heterocycles. The fraction of sp³-hybridized carbons (Fsp3) is 0.583. The molecule has 2 heterocycles. The molecule has 0 spiro atoms. The van der Waals surface area contributed by atoms with E-state index in [1.54, 1.807) is 11.3 Å². The summed E-state index contributed by atoms with van der Waals surface area (Å²) in [7, 11) is 0. The van der Waals surface area contributed by atoms with E-state index in [4.69, 9.17) is 5.73 Å². The molecule has 1 aromatic rings. The molecule has 1 aliphatic rings. The smallest absolute Gasteiger partial charge is 0.224 e. The van der Waals surface area contributed by atoms with Gasteiger partial charge in [-0.3, -0.25) is 4.79 Å². The molecule has 2 N–H and O–H groups in total. The molecular formula is C12H18N2OS. The lowest BCUT2D eigenvalue weighted by Crippen LogP contribution is -2.38. The summed E-state index contributed by atoms with van der Waals surface area (Å²) >= 11 is 1.75. The minimum Gasteiger partial charge on any atom is -0.340 e. The predicted molar refractivity (Wildman–Crippen MR) is 66.5 cm³/mol. The normalized spacial score (nSPS) is 21.8. The van der Waals surface area contributed by atoms with Gasteiger partial charge in [0.25, 0.3) is 0 Å². The topological polar surface area (TPSA) is 46.3 Å². The zero-order valence-electron chi connectivity index (χ0n) is 9.77. The SMILES string of the molecule is CC(C)(CN1CC(N)CC1=O)c1cccs1. The highest BCUT2D eigenvalue weighted by Gasteiger charge is 2.32. The van der Waals surface area contributed by atoms with Crippen LogP contribution in [-0.4, -0.2) is 29.9 Å². The molecule has 0 saturated carbocycles. The Balaban J connectivity index is 2.07. The van der Waals surface area contributed by atoms with Crippen molar-refractivity contribution in [2.75, 3.05) is 13.1 Å². The first-order valence-corrected chi connectivity index (χ1v) is 6.44. The molecule has 0 aromatic carbocycles. The lowest BCUT2D eigenvalue weighted by Gasteiger charge is -2.29. The van der Waals surface area contributed by atoms with E-state index >= 15 is 0 Å². The number of nitrogens with zero attached hydrogens (tertiary/aromatic N) is 1. The number of nitrogens with two attached hydrogens (primary N) is 1. The third-order valence-electron chi connectivity index (χ3n) is 3.02. The predicted octanol–water partition coefficient (Wildman–Crippen LogP) is 1.59. The van der Waals surface area contributed by atoms with Gasteiger partial charge in [-0.2, -0.15) is 0 Å². The Morgan fingerprint density at radius 2 is 2.38 bits per heavy atom. The van der Waals surface area contributed by atoms with Gasteiger partial charge in [0.1, 0.15) is 0 Å². The molecule has 1 unspecified atom stereocenters. The van der Waals surface area contributed by atoms with E-state index in [0.717, 1.165) is 6.54 Å². The van der Waals surface area contributed by atoms with Crippen LogP contribution < -0.4 is 5.73 Å². The summed E-state index contributed by atoms with van der Waals surface area (Å²) < 4.78 is 0. The quantitative estimate of drug-likeness (QED) is 0.869. The van der Waals surface area contributed by atoms with Gasteiger partial charge < -0.3 is 10.6 Å². The molecular weight excluding hydrogens is 220 g/mol. The summed E-state index contributed by atoms with van der Waals surface area (Å²) in [6.45, 7) is 5.82. The van der Waals surface area contributed by atoms with Crippen molar-refractivity contribution in [3.63, 3.8) is 0 Å². The molecule has 0 aliphatic carbocycles. The number of likely N-dealkylation sites (tertiary alicyclic amines) is 1. The van der Waals surface area contributed by atoms with E-state index in [-0.39, 0.29) is 17.4 Å². The average molecular weight is 238 g/mol. The number of carbonyl (C=O) groups excluding carboxylic acids is 1. The average Bonchev–Trinajstić information content (AvgIpc) is 2.76.